The SMILES string of the molecule is CCCn1c(=O)c2c(nc(Cc3ccncc3)n2[O-])n(CCc2ccc(Cl)cc2)c1=O. The molecule has 160 valence electrons. The van der Waals surface area contributed by atoms with Gasteiger partial charge in [0.25, 0.3) is 5.56 Å². The fraction of sp³-hybridized carbons (Fsp3) is 0.273. The third-order valence-corrected chi connectivity index (χ3v) is 5.40. The fourth-order valence-corrected chi connectivity index (χ4v) is 3.70. The van der Waals surface area contributed by atoms with Crippen LogP contribution < -0.4 is 11.2 Å². The maximum atomic E-state index is 13.1. The average Bonchev–Trinajstić information content (AvgIpc) is 3.09. The molecular formula is C22H21ClN5O3-. The van der Waals surface area contributed by atoms with E-state index in [1.165, 1.54) is 4.57 Å². The van der Waals surface area contributed by atoms with E-state index in [2.05, 4.69) is 9.97 Å². The minimum atomic E-state index is -0.604. The zero-order valence-corrected chi connectivity index (χ0v) is 17.7. The van der Waals surface area contributed by atoms with Crippen molar-refractivity contribution in [1.82, 2.24) is 23.8 Å². The minimum Gasteiger partial charge on any atom is -0.804 e. The maximum Gasteiger partial charge on any atom is 0.332 e. The Bertz CT molecular complexity index is 1320. The molecule has 4 aromatic rings. The molecule has 0 aliphatic rings. The molecule has 31 heavy (non-hydrogen) atoms. The smallest absolute Gasteiger partial charge is 0.332 e. The first-order chi connectivity index (χ1) is 15.0. The average molecular weight is 439 g/mol. The summed E-state index contributed by atoms with van der Waals surface area (Å²) in [6.07, 6.45) is 4.61. The number of benzene rings is 1. The van der Waals surface area contributed by atoms with E-state index in [4.69, 9.17) is 11.6 Å². The lowest BCUT2D eigenvalue weighted by Gasteiger charge is -2.14. The monoisotopic (exact) mass is 438 g/mol. The normalized spacial score (nSPS) is 11.3. The Morgan fingerprint density at radius 1 is 0.968 bits per heavy atom. The zero-order valence-electron chi connectivity index (χ0n) is 17.0. The van der Waals surface area contributed by atoms with Crippen LogP contribution in [0, 0.1) is 5.21 Å². The molecular weight excluding hydrogens is 418 g/mol. The second-order valence-electron chi connectivity index (χ2n) is 7.29. The number of hydrogen-bond acceptors (Lipinski definition) is 5. The van der Waals surface area contributed by atoms with Crippen LogP contribution >= 0.6 is 11.6 Å². The number of aromatic nitrogens is 5. The zero-order chi connectivity index (χ0) is 22.0. The number of nitrogens with zero attached hydrogens (tertiary/aromatic N) is 5. The van der Waals surface area contributed by atoms with Gasteiger partial charge in [-0.05, 0) is 48.2 Å². The van der Waals surface area contributed by atoms with Gasteiger partial charge in [-0.1, -0.05) is 30.7 Å². The van der Waals surface area contributed by atoms with Gasteiger partial charge in [0.15, 0.2) is 5.65 Å². The highest BCUT2D eigenvalue weighted by Gasteiger charge is 2.18. The highest BCUT2D eigenvalue weighted by molar-refractivity contribution is 6.30. The number of imidazole rings is 1. The highest BCUT2D eigenvalue weighted by Crippen LogP contribution is 2.15. The third-order valence-electron chi connectivity index (χ3n) is 5.15. The summed E-state index contributed by atoms with van der Waals surface area (Å²) in [6.45, 7) is 2.39. The van der Waals surface area contributed by atoms with E-state index in [-0.39, 0.29) is 36.5 Å². The molecule has 4 rings (SSSR count). The van der Waals surface area contributed by atoms with Crippen LogP contribution in [0.1, 0.15) is 30.3 Å². The van der Waals surface area contributed by atoms with E-state index in [1.807, 2.05) is 19.1 Å². The van der Waals surface area contributed by atoms with E-state index in [9.17, 15) is 14.8 Å². The Balaban J connectivity index is 1.82. The van der Waals surface area contributed by atoms with Crippen LogP contribution in [0.3, 0.4) is 0 Å². The molecule has 9 heteroatoms. The van der Waals surface area contributed by atoms with Crippen molar-refractivity contribution in [1.29, 1.82) is 0 Å². The molecule has 0 unspecified atom stereocenters. The Morgan fingerprint density at radius 3 is 2.35 bits per heavy atom. The van der Waals surface area contributed by atoms with Crippen molar-refractivity contribution in [2.24, 2.45) is 0 Å². The van der Waals surface area contributed by atoms with Gasteiger partial charge in [0.05, 0.1) is 0 Å². The Hall–Kier alpha value is -3.39. The minimum absolute atomic E-state index is 0.104. The predicted molar refractivity (Wildman–Crippen MR) is 120 cm³/mol. The lowest BCUT2D eigenvalue weighted by atomic mass is 10.1. The fourth-order valence-electron chi connectivity index (χ4n) is 3.57. The summed E-state index contributed by atoms with van der Waals surface area (Å²) in [7, 11) is 0. The Labute approximate surface area is 183 Å². The predicted octanol–water partition coefficient (Wildman–Crippen LogP) is 3.00. The molecule has 0 spiro atoms. The third kappa shape index (κ3) is 4.11. The van der Waals surface area contributed by atoms with Crippen LogP contribution in [0.15, 0.2) is 58.4 Å². The van der Waals surface area contributed by atoms with Gasteiger partial charge in [-0.2, -0.15) is 0 Å². The van der Waals surface area contributed by atoms with E-state index >= 15 is 0 Å². The summed E-state index contributed by atoms with van der Waals surface area (Å²) in [5.41, 5.74) is 0.779. The van der Waals surface area contributed by atoms with Gasteiger partial charge in [-0.3, -0.25) is 18.9 Å². The topological polar surface area (TPSA) is 97.8 Å². The van der Waals surface area contributed by atoms with Gasteiger partial charge < -0.3 is 9.94 Å². The summed E-state index contributed by atoms with van der Waals surface area (Å²) < 4.78 is 3.10. The number of aryl methyl sites for hydroxylation is 2. The molecule has 8 nitrogen and oxygen atoms in total. The first-order valence-electron chi connectivity index (χ1n) is 10.1. The van der Waals surface area contributed by atoms with Gasteiger partial charge >= 0.3 is 5.69 Å². The molecule has 3 aromatic heterocycles. The van der Waals surface area contributed by atoms with Gasteiger partial charge in [-0.25, -0.2) is 9.78 Å². The van der Waals surface area contributed by atoms with E-state index in [0.29, 0.717) is 22.6 Å². The second kappa shape index (κ2) is 8.77. The molecule has 0 aliphatic carbocycles. The molecule has 0 atom stereocenters. The molecule has 0 amide bonds. The van der Waals surface area contributed by atoms with Gasteiger partial charge in [0.2, 0.25) is 0 Å². The molecule has 0 saturated carbocycles. The quantitative estimate of drug-likeness (QED) is 0.441. The summed E-state index contributed by atoms with van der Waals surface area (Å²) >= 11 is 5.95. The first kappa shape index (κ1) is 20.9. The van der Waals surface area contributed by atoms with Gasteiger partial charge in [0.1, 0.15) is 11.3 Å². The second-order valence-corrected chi connectivity index (χ2v) is 7.73. The van der Waals surface area contributed by atoms with E-state index in [0.717, 1.165) is 15.7 Å². The van der Waals surface area contributed by atoms with E-state index in [1.54, 1.807) is 36.7 Å². The molecule has 0 fully saturated rings. The first-order valence-corrected chi connectivity index (χ1v) is 10.4. The van der Waals surface area contributed by atoms with Crippen LogP contribution in [0.5, 0.6) is 0 Å². The van der Waals surface area contributed by atoms with Crippen LogP contribution in [0.25, 0.3) is 11.2 Å². The number of hydrogen-bond donors (Lipinski definition) is 0. The Morgan fingerprint density at radius 2 is 1.68 bits per heavy atom. The van der Waals surface area contributed by atoms with Crippen LogP contribution in [0.2, 0.25) is 5.02 Å². The van der Waals surface area contributed by atoms with Crippen molar-refractivity contribution in [3.8, 4) is 0 Å². The standard InChI is InChI=1S/C22H21ClN5O3/c1-2-12-27-21(29)19-20(25-18(28(19)31)14-16-7-10-24-11-8-16)26(22(27)30)13-9-15-3-5-17(23)6-4-15/h3-8,10-11H,2,9,12-14H2,1H3/q-1. The summed E-state index contributed by atoms with van der Waals surface area (Å²) in [5, 5.41) is 13.6. The molecule has 0 radical (unpaired) electrons. The van der Waals surface area contributed by atoms with Crippen LogP contribution in [-0.2, 0) is 25.9 Å². The van der Waals surface area contributed by atoms with Crippen LogP contribution in [0.4, 0.5) is 0 Å². The molecule has 0 bridgehead atoms. The molecule has 1 aromatic carbocycles. The van der Waals surface area contributed by atoms with Gasteiger partial charge in [-0.15, -0.1) is 0 Å². The maximum absolute atomic E-state index is 13.1. The Kier molecular flexibility index (Phi) is 5.90. The van der Waals surface area contributed by atoms with Gasteiger partial charge in [0, 0.05) is 36.9 Å². The number of pyridine rings is 1. The molecule has 0 aliphatic heterocycles. The molecule has 3 heterocycles. The largest absolute Gasteiger partial charge is 0.804 e. The number of fused-ring (bicyclic) bond motifs is 1. The van der Waals surface area contributed by atoms with Crippen molar-refractivity contribution in [2.75, 3.05) is 0 Å². The lowest BCUT2D eigenvalue weighted by Crippen LogP contribution is -2.40. The highest BCUT2D eigenvalue weighted by atomic mass is 35.5. The van der Waals surface area contributed by atoms with Crippen LogP contribution in [-0.4, -0.2) is 23.8 Å². The van der Waals surface area contributed by atoms with Crippen molar-refractivity contribution >= 4 is 22.8 Å². The van der Waals surface area contributed by atoms with Crippen molar-refractivity contribution in [2.45, 2.75) is 39.3 Å². The summed E-state index contributed by atoms with van der Waals surface area (Å²) in [4.78, 5) is 34.4. The summed E-state index contributed by atoms with van der Waals surface area (Å²) in [6, 6.07) is 10.9. The molecule has 0 N–H and O–H groups in total. The number of halogens is 1. The van der Waals surface area contributed by atoms with Crippen molar-refractivity contribution in [3.63, 3.8) is 0 Å². The lowest BCUT2D eigenvalue weighted by molar-refractivity contribution is 0.559. The number of rotatable bonds is 7. The molecule has 0 saturated heterocycles. The van der Waals surface area contributed by atoms with E-state index < -0.39 is 11.2 Å². The summed E-state index contributed by atoms with van der Waals surface area (Å²) in [5.74, 6) is 0.173. The van der Waals surface area contributed by atoms with Crippen molar-refractivity contribution in [3.05, 3.63) is 96.8 Å². The van der Waals surface area contributed by atoms with Crippen molar-refractivity contribution < 1.29 is 0 Å².